The number of nitrogens with zero attached hydrogens (tertiary/aromatic N) is 1. The average Bonchev–Trinajstić information content (AvgIpc) is 2.72. The molecule has 100 valence electrons. The van der Waals surface area contributed by atoms with Crippen molar-refractivity contribution >= 4 is 6.41 Å². The second-order valence-corrected chi connectivity index (χ2v) is 5.46. The summed E-state index contributed by atoms with van der Waals surface area (Å²) in [7, 11) is 0. The number of amides is 1. The van der Waals surface area contributed by atoms with Crippen LogP contribution in [0, 0.1) is 13.8 Å². The molecule has 1 saturated heterocycles. The Morgan fingerprint density at radius 1 is 1.21 bits per heavy atom. The number of carbonyl (C=O) groups is 1. The van der Waals surface area contributed by atoms with Crippen molar-refractivity contribution < 1.29 is 9.21 Å². The van der Waals surface area contributed by atoms with E-state index in [1.807, 2.05) is 11.2 Å². The monoisotopic (exact) mass is 257 g/mol. The van der Waals surface area contributed by atoms with Crippen molar-refractivity contribution in [2.24, 2.45) is 0 Å². The molecule has 3 nitrogen and oxygen atoms in total. The van der Waals surface area contributed by atoms with Crippen LogP contribution in [0.2, 0.25) is 0 Å². The van der Waals surface area contributed by atoms with Crippen LogP contribution in [0.25, 0.3) is 11.1 Å². The Morgan fingerprint density at radius 3 is 2.63 bits per heavy atom. The van der Waals surface area contributed by atoms with Crippen LogP contribution in [-0.4, -0.2) is 24.4 Å². The van der Waals surface area contributed by atoms with E-state index in [9.17, 15) is 4.79 Å². The first-order valence-corrected chi connectivity index (χ1v) is 6.86. The normalized spacial score (nSPS) is 17.1. The van der Waals surface area contributed by atoms with Crippen LogP contribution in [0.15, 0.2) is 23.0 Å². The highest BCUT2D eigenvalue weighted by atomic mass is 16.3. The molecule has 19 heavy (non-hydrogen) atoms. The third kappa shape index (κ3) is 1.93. The third-order valence-electron chi connectivity index (χ3n) is 4.54. The number of piperidine rings is 1. The Balaban J connectivity index is 1.98. The quantitative estimate of drug-likeness (QED) is 0.773. The van der Waals surface area contributed by atoms with Crippen LogP contribution in [0.4, 0.5) is 0 Å². The number of hydrogen-bond donors (Lipinski definition) is 0. The van der Waals surface area contributed by atoms with Crippen molar-refractivity contribution in [3.05, 3.63) is 35.3 Å². The predicted molar refractivity (Wildman–Crippen MR) is 74.4 cm³/mol. The highest BCUT2D eigenvalue weighted by Crippen LogP contribution is 2.43. The molecule has 0 atom stereocenters. The van der Waals surface area contributed by atoms with E-state index in [2.05, 4.69) is 19.9 Å². The summed E-state index contributed by atoms with van der Waals surface area (Å²) in [5.41, 5.74) is 6.74. The summed E-state index contributed by atoms with van der Waals surface area (Å²) in [5.74, 6) is 0.546. The molecule has 0 saturated carbocycles. The lowest BCUT2D eigenvalue weighted by Gasteiger charge is -2.30. The van der Waals surface area contributed by atoms with E-state index in [1.54, 1.807) is 6.26 Å². The highest BCUT2D eigenvalue weighted by molar-refractivity contribution is 5.77. The molecule has 1 aliphatic carbocycles. The van der Waals surface area contributed by atoms with Crippen LogP contribution >= 0.6 is 0 Å². The van der Waals surface area contributed by atoms with Crippen LogP contribution in [0.3, 0.4) is 0 Å². The largest absolute Gasteiger partial charge is 0.472 e. The zero-order chi connectivity index (χ0) is 13.4. The fraction of sp³-hybridized carbons (Fsp3) is 0.438. The van der Waals surface area contributed by atoms with E-state index >= 15 is 0 Å². The summed E-state index contributed by atoms with van der Waals surface area (Å²) in [6.45, 7) is 6.12. The summed E-state index contributed by atoms with van der Waals surface area (Å²) in [5, 5.41) is 0. The van der Waals surface area contributed by atoms with Gasteiger partial charge in [0.05, 0.1) is 12.5 Å². The van der Waals surface area contributed by atoms with Crippen molar-refractivity contribution in [3.63, 3.8) is 0 Å². The Labute approximate surface area is 113 Å². The average molecular weight is 257 g/mol. The second-order valence-electron chi connectivity index (χ2n) is 5.46. The molecule has 0 spiro atoms. The number of carbonyl (C=O) groups excluding carboxylic acids is 1. The lowest BCUT2D eigenvalue weighted by atomic mass is 9.87. The van der Waals surface area contributed by atoms with Crippen molar-refractivity contribution in [2.75, 3.05) is 13.1 Å². The van der Waals surface area contributed by atoms with E-state index in [-0.39, 0.29) is 0 Å². The molecule has 1 fully saturated rings. The molecule has 0 N–H and O–H groups in total. The molecule has 0 aromatic rings. The number of hydrogen-bond acceptors (Lipinski definition) is 2. The number of rotatable bonds is 2. The van der Waals surface area contributed by atoms with Crippen molar-refractivity contribution in [1.82, 2.24) is 4.90 Å². The first-order valence-electron chi connectivity index (χ1n) is 6.86. The molecular weight excluding hydrogens is 238 g/mol. The van der Waals surface area contributed by atoms with Gasteiger partial charge in [-0.25, -0.2) is 0 Å². The SMILES string of the molecule is Cc1c2ccocc-2c(C2CCN(C=O)CC2)c1C. The van der Waals surface area contributed by atoms with E-state index < -0.39 is 0 Å². The molecule has 1 amide bonds. The summed E-state index contributed by atoms with van der Waals surface area (Å²) in [6.07, 6.45) is 6.68. The Hall–Kier alpha value is -1.77. The first-order chi connectivity index (χ1) is 9.22. The van der Waals surface area contributed by atoms with Gasteiger partial charge in [0.2, 0.25) is 6.41 Å². The highest BCUT2D eigenvalue weighted by Gasteiger charge is 2.27. The van der Waals surface area contributed by atoms with E-state index in [4.69, 9.17) is 4.42 Å². The van der Waals surface area contributed by atoms with Gasteiger partial charge in [-0.2, -0.15) is 0 Å². The van der Waals surface area contributed by atoms with Crippen molar-refractivity contribution in [1.29, 1.82) is 0 Å². The number of likely N-dealkylation sites (tertiary alicyclic amines) is 1. The zero-order valence-electron chi connectivity index (χ0n) is 11.5. The molecule has 3 rings (SSSR count). The van der Waals surface area contributed by atoms with Gasteiger partial charge in [0, 0.05) is 18.7 Å². The van der Waals surface area contributed by atoms with Gasteiger partial charge >= 0.3 is 0 Å². The van der Waals surface area contributed by atoms with Crippen LogP contribution < -0.4 is 0 Å². The Morgan fingerprint density at radius 2 is 1.95 bits per heavy atom. The first kappa shape index (κ1) is 12.3. The van der Waals surface area contributed by atoms with Gasteiger partial charge in [-0.3, -0.25) is 4.79 Å². The molecule has 0 unspecified atom stereocenters. The van der Waals surface area contributed by atoms with Gasteiger partial charge in [-0.05, 0) is 60.9 Å². The van der Waals surface area contributed by atoms with Crippen LogP contribution in [0.5, 0.6) is 0 Å². The summed E-state index contributed by atoms with van der Waals surface area (Å²) >= 11 is 0. The summed E-state index contributed by atoms with van der Waals surface area (Å²) < 4.78 is 5.37. The van der Waals surface area contributed by atoms with E-state index in [0.29, 0.717) is 5.92 Å². The summed E-state index contributed by atoms with van der Waals surface area (Å²) in [6, 6.07) is 2.06. The minimum Gasteiger partial charge on any atom is -0.472 e. The fourth-order valence-corrected chi connectivity index (χ4v) is 3.33. The summed E-state index contributed by atoms with van der Waals surface area (Å²) in [4.78, 5) is 12.7. The Bertz CT molecular complexity index is 565. The molecule has 3 heteroatoms. The number of fused-ring (bicyclic) bond motifs is 1. The van der Waals surface area contributed by atoms with Crippen molar-refractivity contribution in [3.8, 4) is 11.1 Å². The lowest BCUT2D eigenvalue weighted by Crippen LogP contribution is -2.31. The minimum atomic E-state index is 0.546. The van der Waals surface area contributed by atoms with Gasteiger partial charge in [0.15, 0.2) is 0 Å². The van der Waals surface area contributed by atoms with Gasteiger partial charge in [0.1, 0.15) is 0 Å². The van der Waals surface area contributed by atoms with Crippen molar-refractivity contribution in [2.45, 2.75) is 32.6 Å². The standard InChI is InChI=1S/C16H19NO2/c1-11-12(2)16(15-9-19-8-5-14(11)15)13-3-6-17(10-18)7-4-13/h5,8-10,13H,3-4,6-7H2,1-2H3. The molecule has 0 aromatic heterocycles. The van der Waals surface area contributed by atoms with E-state index in [1.165, 1.54) is 27.8 Å². The minimum absolute atomic E-state index is 0.546. The van der Waals surface area contributed by atoms with Gasteiger partial charge in [-0.1, -0.05) is 0 Å². The molecule has 2 aliphatic heterocycles. The topological polar surface area (TPSA) is 33.5 Å². The lowest BCUT2D eigenvalue weighted by molar-refractivity contribution is -0.119. The van der Waals surface area contributed by atoms with Gasteiger partial charge in [0.25, 0.3) is 0 Å². The molecule has 0 bridgehead atoms. The molecule has 2 heterocycles. The van der Waals surface area contributed by atoms with Crippen LogP contribution in [0.1, 0.15) is 35.4 Å². The third-order valence-corrected chi connectivity index (χ3v) is 4.54. The maximum atomic E-state index is 10.8. The Kier molecular flexibility index (Phi) is 3.05. The van der Waals surface area contributed by atoms with Crippen LogP contribution in [-0.2, 0) is 4.79 Å². The molecule has 0 aromatic carbocycles. The van der Waals surface area contributed by atoms with Gasteiger partial charge in [-0.15, -0.1) is 0 Å². The smallest absolute Gasteiger partial charge is 0.209 e. The maximum Gasteiger partial charge on any atom is 0.209 e. The molecule has 0 radical (unpaired) electrons. The van der Waals surface area contributed by atoms with E-state index in [0.717, 1.165) is 32.3 Å². The molecular formula is C16H19NO2. The fourth-order valence-electron chi connectivity index (χ4n) is 3.33. The molecule has 3 aliphatic rings. The predicted octanol–water partition coefficient (Wildman–Crippen LogP) is 3.34. The van der Waals surface area contributed by atoms with Gasteiger partial charge < -0.3 is 9.32 Å². The second kappa shape index (κ2) is 4.72. The maximum absolute atomic E-state index is 10.8. The zero-order valence-corrected chi connectivity index (χ0v) is 11.5.